The molecule has 0 fully saturated rings. The molecule has 0 saturated carbocycles. The van der Waals surface area contributed by atoms with Gasteiger partial charge in [0.05, 0.1) is 18.1 Å². The molecule has 0 spiro atoms. The second-order valence-electron chi connectivity index (χ2n) is 5.21. The Hall–Kier alpha value is -1.31. The van der Waals surface area contributed by atoms with E-state index in [4.69, 9.17) is 9.47 Å². The third kappa shape index (κ3) is 4.59. The van der Waals surface area contributed by atoms with Crippen LogP contribution in [0, 0.1) is 0 Å². The Morgan fingerprint density at radius 1 is 1.19 bits per heavy atom. The van der Waals surface area contributed by atoms with Crippen LogP contribution >= 0.6 is 0 Å². The molecule has 1 aliphatic rings. The summed E-state index contributed by atoms with van der Waals surface area (Å²) in [6, 6.07) is 4.71. The zero-order chi connectivity index (χ0) is 15.3. The van der Waals surface area contributed by atoms with E-state index in [2.05, 4.69) is 4.72 Å². The lowest BCUT2D eigenvalue weighted by Crippen LogP contribution is -2.27. The van der Waals surface area contributed by atoms with Crippen LogP contribution in [0.4, 0.5) is 0 Å². The van der Waals surface area contributed by atoms with Crippen LogP contribution in [-0.4, -0.2) is 53.7 Å². The molecule has 0 atom stereocenters. The Bertz CT molecular complexity index is 572. The third-order valence-electron chi connectivity index (χ3n) is 3.10. The number of sulfonamides is 1. The summed E-state index contributed by atoms with van der Waals surface area (Å²) in [5.41, 5.74) is 0. The number of rotatable bonds is 6. The number of benzene rings is 1. The highest BCUT2D eigenvalue weighted by molar-refractivity contribution is 7.89. The van der Waals surface area contributed by atoms with E-state index in [1.165, 1.54) is 6.07 Å². The zero-order valence-corrected chi connectivity index (χ0v) is 13.3. The van der Waals surface area contributed by atoms with E-state index >= 15 is 0 Å². The summed E-state index contributed by atoms with van der Waals surface area (Å²) < 4.78 is 38.1. The van der Waals surface area contributed by atoms with Gasteiger partial charge < -0.3 is 14.4 Å². The Kier molecular flexibility index (Phi) is 5.44. The molecule has 2 rings (SSSR count). The summed E-state index contributed by atoms with van der Waals surface area (Å²) in [6.07, 6.45) is 1.55. The fraction of sp³-hybridized carbons (Fsp3) is 0.571. The minimum atomic E-state index is -3.51. The van der Waals surface area contributed by atoms with Gasteiger partial charge in [0.25, 0.3) is 0 Å². The lowest BCUT2D eigenvalue weighted by molar-refractivity contribution is 0.297. The molecular formula is C14H22N2O4S. The number of hydrogen-bond donors (Lipinski definition) is 1. The molecular weight excluding hydrogens is 292 g/mol. The van der Waals surface area contributed by atoms with Crippen molar-refractivity contribution < 1.29 is 17.9 Å². The molecule has 6 nitrogen and oxygen atoms in total. The first-order chi connectivity index (χ1) is 9.99. The number of nitrogens with one attached hydrogen (secondary N) is 1. The van der Waals surface area contributed by atoms with Crippen molar-refractivity contribution in [1.29, 1.82) is 0 Å². The molecule has 7 heteroatoms. The van der Waals surface area contributed by atoms with E-state index in [0.717, 1.165) is 19.4 Å². The van der Waals surface area contributed by atoms with Crippen LogP contribution in [0.15, 0.2) is 23.1 Å². The standard InChI is InChI=1S/C14H22N2O4S/c1-16(2)8-3-7-15-21(17,18)12-5-6-13-14(11-12)20-10-4-9-19-13/h5-6,11,15H,3-4,7-10H2,1-2H3. The van der Waals surface area contributed by atoms with Crippen LogP contribution < -0.4 is 14.2 Å². The largest absolute Gasteiger partial charge is 0.490 e. The fourth-order valence-electron chi connectivity index (χ4n) is 2.00. The number of fused-ring (bicyclic) bond motifs is 1. The second kappa shape index (κ2) is 7.11. The third-order valence-corrected chi connectivity index (χ3v) is 4.56. The van der Waals surface area contributed by atoms with Gasteiger partial charge in [-0.15, -0.1) is 0 Å². The first-order valence-corrected chi connectivity index (χ1v) is 8.51. The smallest absolute Gasteiger partial charge is 0.240 e. The average Bonchev–Trinajstić information content (AvgIpc) is 2.67. The maximum Gasteiger partial charge on any atom is 0.240 e. The lowest BCUT2D eigenvalue weighted by atomic mass is 10.3. The summed E-state index contributed by atoms with van der Waals surface area (Å²) in [5.74, 6) is 1.09. The highest BCUT2D eigenvalue weighted by Crippen LogP contribution is 2.31. The van der Waals surface area contributed by atoms with Gasteiger partial charge in [0.2, 0.25) is 10.0 Å². The quantitative estimate of drug-likeness (QED) is 0.796. The Balaban J connectivity index is 2.04. The molecule has 0 saturated heterocycles. The Labute approximate surface area is 126 Å². The maximum absolute atomic E-state index is 12.2. The topological polar surface area (TPSA) is 67.9 Å². The van der Waals surface area contributed by atoms with Crippen LogP contribution in [-0.2, 0) is 10.0 Å². The van der Waals surface area contributed by atoms with E-state index < -0.39 is 10.0 Å². The number of nitrogens with zero attached hydrogens (tertiary/aromatic N) is 1. The van der Waals surface area contributed by atoms with Gasteiger partial charge in [-0.25, -0.2) is 13.1 Å². The highest BCUT2D eigenvalue weighted by Gasteiger charge is 2.18. The van der Waals surface area contributed by atoms with Gasteiger partial charge in [0, 0.05) is 19.0 Å². The Morgan fingerprint density at radius 3 is 2.62 bits per heavy atom. The number of ether oxygens (including phenoxy) is 2. The van der Waals surface area contributed by atoms with Gasteiger partial charge in [0.1, 0.15) is 0 Å². The van der Waals surface area contributed by atoms with Crippen molar-refractivity contribution in [2.24, 2.45) is 0 Å². The van der Waals surface area contributed by atoms with Crippen molar-refractivity contribution in [2.75, 3.05) is 40.4 Å². The zero-order valence-electron chi connectivity index (χ0n) is 12.5. The van der Waals surface area contributed by atoms with Crippen molar-refractivity contribution in [2.45, 2.75) is 17.7 Å². The molecule has 0 aliphatic carbocycles. The van der Waals surface area contributed by atoms with Crippen LogP contribution in [0.25, 0.3) is 0 Å². The van der Waals surface area contributed by atoms with Gasteiger partial charge in [0.15, 0.2) is 11.5 Å². The van der Waals surface area contributed by atoms with Gasteiger partial charge in [-0.3, -0.25) is 0 Å². The molecule has 0 amide bonds. The predicted octanol–water partition coefficient (Wildman–Crippen LogP) is 1.08. The van der Waals surface area contributed by atoms with E-state index in [9.17, 15) is 8.42 Å². The van der Waals surface area contributed by atoms with Crippen molar-refractivity contribution in [3.05, 3.63) is 18.2 Å². The molecule has 1 aromatic rings. The lowest BCUT2D eigenvalue weighted by Gasteiger charge is -2.12. The van der Waals surface area contributed by atoms with E-state index in [0.29, 0.717) is 31.3 Å². The van der Waals surface area contributed by atoms with Crippen LogP contribution in [0.2, 0.25) is 0 Å². The van der Waals surface area contributed by atoms with Crippen molar-refractivity contribution in [3.63, 3.8) is 0 Å². The minimum Gasteiger partial charge on any atom is -0.490 e. The summed E-state index contributed by atoms with van der Waals surface area (Å²) >= 11 is 0. The molecule has 0 unspecified atom stereocenters. The molecule has 1 aliphatic heterocycles. The van der Waals surface area contributed by atoms with E-state index in [-0.39, 0.29) is 4.90 Å². The molecule has 21 heavy (non-hydrogen) atoms. The van der Waals surface area contributed by atoms with Crippen molar-refractivity contribution in [1.82, 2.24) is 9.62 Å². The van der Waals surface area contributed by atoms with Crippen molar-refractivity contribution >= 4 is 10.0 Å². The van der Waals surface area contributed by atoms with Gasteiger partial charge in [-0.05, 0) is 39.2 Å². The molecule has 0 bridgehead atoms. The molecule has 1 aromatic carbocycles. The van der Waals surface area contributed by atoms with Gasteiger partial charge in [-0.1, -0.05) is 0 Å². The van der Waals surface area contributed by atoms with Gasteiger partial charge in [-0.2, -0.15) is 0 Å². The van der Waals surface area contributed by atoms with E-state index in [1.54, 1.807) is 12.1 Å². The molecule has 0 radical (unpaired) electrons. The molecule has 1 N–H and O–H groups in total. The molecule has 1 heterocycles. The minimum absolute atomic E-state index is 0.205. The first kappa shape index (κ1) is 16.1. The Morgan fingerprint density at radius 2 is 1.90 bits per heavy atom. The maximum atomic E-state index is 12.2. The SMILES string of the molecule is CN(C)CCCNS(=O)(=O)c1ccc2c(c1)OCCCO2. The average molecular weight is 314 g/mol. The summed E-state index contributed by atoms with van der Waals surface area (Å²) in [7, 11) is 0.406. The summed E-state index contributed by atoms with van der Waals surface area (Å²) in [5, 5.41) is 0. The predicted molar refractivity (Wildman–Crippen MR) is 80.4 cm³/mol. The molecule has 0 aromatic heterocycles. The summed E-state index contributed by atoms with van der Waals surface area (Å²) in [6.45, 7) is 2.37. The monoisotopic (exact) mass is 314 g/mol. The number of hydrogen-bond acceptors (Lipinski definition) is 5. The summed E-state index contributed by atoms with van der Waals surface area (Å²) in [4.78, 5) is 2.22. The first-order valence-electron chi connectivity index (χ1n) is 7.03. The molecule has 118 valence electrons. The van der Waals surface area contributed by atoms with Gasteiger partial charge >= 0.3 is 0 Å². The van der Waals surface area contributed by atoms with Crippen molar-refractivity contribution in [3.8, 4) is 11.5 Å². The normalized spacial score (nSPS) is 15.0. The fourth-order valence-corrected chi connectivity index (χ4v) is 3.09. The highest BCUT2D eigenvalue weighted by atomic mass is 32.2. The van der Waals surface area contributed by atoms with Crippen LogP contribution in [0.5, 0.6) is 11.5 Å². The van der Waals surface area contributed by atoms with Crippen LogP contribution in [0.1, 0.15) is 12.8 Å². The second-order valence-corrected chi connectivity index (χ2v) is 6.98. The van der Waals surface area contributed by atoms with E-state index in [1.807, 2.05) is 19.0 Å². The van der Waals surface area contributed by atoms with Crippen LogP contribution in [0.3, 0.4) is 0 Å².